The molecule has 0 spiro atoms. The van der Waals surface area contributed by atoms with Gasteiger partial charge in [0, 0.05) is 5.69 Å². The highest BCUT2D eigenvalue weighted by Gasteiger charge is 2.29. The topological polar surface area (TPSA) is 140 Å². The van der Waals surface area contributed by atoms with Crippen molar-refractivity contribution in [2.24, 2.45) is 0 Å². The van der Waals surface area contributed by atoms with Crippen LogP contribution in [0.25, 0.3) is 0 Å². The summed E-state index contributed by atoms with van der Waals surface area (Å²) >= 11 is 0. The Balaban J connectivity index is 1.66. The summed E-state index contributed by atoms with van der Waals surface area (Å²) in [6, 6.07) is 21.1. The second-order valence-corrected chi connectivity index (χ2v) is 10.9. The summed E-state index contributed by atoms with van der Waals surface area (Å²) in [5.74, 6) is -0.978. The van der Waals surface area contributed by atoms with Crippen LogP contribution in [0.1, 0.15) is 37.9 Å². The van der Waals surface area contributed by atoms with Crippen molar-refractivity contribution in [3.05, 3.63) is 96.1 Å². The summed E-state index contributed by atoms with van der Waals surface area (Å²) < 4.78 is 38.1. The van der Waals surface area contributed by atoms with Gasteiger partial charge in [-0.2, -0.15) is 0 Å². The lowest BCUT2D eigenvalue weighted by atomic mass is 10.1. The van der Waals surface area contributed by atoms with Crippen molar-refractivity contribution in [3.8, 4) is 0 Å². The normalized spacial score (nSPS) is 12.1. The summed E-state index contributed by atoms with van der Waals surface area (Å²) in [6.45, 7) is 5.06. The van der Waals surface area contributed by atoms with Gasteiger partial charge in [-0.15, -0.1) is 0 Å². The molecule has 0 radical (unpaired) electrons. The molecule has 3 aromatic carbocycles. The molecule has 3 rings (SSSR count). The first-order valence-electron chi connectivity index (χ1n) is 11.6. The maximum atomic E-state index is 13.0. The minimum absolute atomic E-state index is 0.0745. The van der Waals surface area contributed by atoms with Crippen LogP contribution < -0.4 is 15.4 Å². The van der Waals surface area contributed by atoms with Crippen LogP contribution in [0.4, 0.5) is 15.3 Å². The minimum Gasteiger partial charge on any atom is -0.444 e. The molecule has 10 nitrogen and oxygen atoms in total. The lowest BCUT2D eigenvalue weighted by molar-refractivity contribution is -0.121. The van der Waals surface area contributed by atoms with Gasteiger partial charge < -0.3 is 14.8 Å². The summed E-state index contributed by atoms with van der Waals surface area (Å²) in [7, 11) is -4.31. The predicted molar refractivity (Wildman–Crippen MR) is 141 cm³/mol. The summed E-state index contributed by atoms with van der Waals surface area (Å²) in [4.78, 5) is 37.1. The standard InChI is InChI=1S/C27H29N3O7S/c1-27(2,3)37-26(33)29-23(20-12-8-5-9-13-20)24(31)30-38(34,35)22-16-14-21(15-17-22)28-25(32)36-18-19-10-6-4-7-11-19/h4-17,23H,18H2,1-3H3,(H,28,32)(H,29,33)(H,30,31)/t23-/m0/s1. The van der Waals surface area contributed by atoms with E-state index >= 15 is 0 Å². The van der Waals surface area contributed by atoms with E-state index in [4.69, 9.17) is 9.47 Å². The van der Waals surface area contributed by atoms with Crippen LogP contribution in [-0.4, -0.2) is 32.1 Å². The van der Waals surface area contributed by atoms with Crippen molar-refractivity contribution in [2.45, 2.75) is 43.9 Å². The predicted octanol–water partition coefficient (Wildman–Crippen LogP) is 4.51. The lowest BCUT2D eigenvalue weighted by Gasteiger charge is -2.23. The Bertz CT molecular complexity index is 1360. The molecule has 0 aliphatic heterocycles. The third kappa shape index (κ3) is 8.63. The maximum absolute atomic E-state index is 13.0. The molecule has 0 saturated carbocycles. The Morgan fingerprint density at radius 3 is 1.97 bits per heavy atom. The number of carbonyl (C=O) groups is 3. The molecule has 1 atom stereocenters. The number of hydrogen-bond acceptors (Lipinski definition) is 7. The third-order valence-corrected chi connectivity index (χ3v) is 6.28. The van der Waals surface area contributed by atoms with Gasteiger partial charge in [0.2, 0.25) is 0 Å². The maximum Gasteiger partial charge on any atom is 0.411 e. The van der Waals surface area contributed by atoms with Crippen molar-refractivity contribution in [2.75, 3.05) is 5.32 Å². The fourth-order valence-electron chi connectivity index (χ4n) is 3.22. The zero-order chi connectivity index (χ0) is 27.8. The van der Waals surface area contributed by atoms with Crippen LogP contribution in [-0.2, 0) is 30.9 Å². The van der Waals surface area contributed by atoms with Gasteiger partial charge in [-0.25, -0.2) is 22.7 Å². The molecule has 3 aromatic rings. The molecule has 3 amide bonds. The Hall–Kier alpha value is -4.38. The van der Waals surface area contributed by atoms with Crippen molar-refractivity contribution < 1.29 is 32.3 Å². The van der Waals surface area contributed by atoms with E-state index in [-0.39, 0.29) is 11.5 Å². The monoisotopic (exact) mass is 539 g/mol. The number of sulfonamides is 1. The van der Waals surface area contributed by atoms with E-state index in [1.54, 1.807) is 51.1 Å². The highest BCUT2D eigenvalue weighted by molar-refractivity contribution is 7.90. The number of rotatable bonds is 8. The van der Waals surface area contributed by atoms with Crippen LogP contribution in [0.2, 0.25) is 0 Å². The van der Waals surface area contributed by atoms with Gasteiger partial charge in [-0.3, -0.25) is 10.1 Å². The fraction of sp³-hybridized carbons (Fsp3) is 0.222. The van der Waals surface area contributed by atoms with Crippen molar-refractivity contribution in [1.29, 1.82) is 0 Å². The largest absolute Gasteiger partial charge is 0.444 e. The van der Waals surface area contributed by atoms with Crippen molar-refractivity contribution >= 4 is 33.8 Å². The SMILES string of the molecule is CC(C)(C)OC(=O)N[C@H](C(=O)NS(=O)(=O)c1ccc(NC(=O)OCc2ccccc2)cc1)c1ccccc1. The van der Waals surface area contributed by atoms with Crippen LogP contribution in [0, 0.1) is 0 Å². The molecule has 200 valence electrons. The molecule has 0 fully saturated rings. The highest BCUT2D eigenvalue weighted by atomic mass is 32.2. The average Bonchev–Trinajstić information content (AvgIpc) is 2.86. The van der Waals surface area contributed by atoms with E-state index in [1.165, 1.54) is 24.3 Å². The number of amides is 3. The Kier molecular flexibility index (Phi) is 9.08. The molecule has 0 unspecified atom stereocenters. The van der Waals surface area contributed by atoms with E-state index in [0.717, 1.165) is 5.56 Å². The fourth-order valence-corrected chi connectivity index (χ4v) is 4.21. The lowest BCUT2D eigenvalue weighted by Crippen LogP contribution is -2.44. The third-order valence-electron chi connectivity index (χ3n) is 4.91. The van der Waals surface area contributed by atoms with Gasteiger partial charge in [-0.1, -0.05) is 60.7 Å². The van der Waals surface area contributed by atoms with Gasteiger partial charge >= 0.3 is 12.2 Å². The molecule has 0 aliphatic carbocycles. The van der Waals surface area contributed by atoms with Crippen molar-refractivity contribution in [3.63, 3.8) is 0 Å². The zero-order valence-corrected chi connectivity index (χ0v) is 21.9. The molecular weight excluding hydrogens is 510 g/mol. The first-order valence-corrected chi connectivity index (χ1v) is 13.1. The molecular formula is C27H29N3O7S. The number of anilines is 1. The van der Waals surface area contributed by atoms with Crippen LogP contribution in [0.3, 0.4) is 0 Å². The van der Waals surface area contributed by atoms with E-state index in [2.05, 4.69) is 10.6 Å². The zero-order valence-electron chi connectivity index (χ0n) is 21.1. The molecule has 3 N–H and O–H groups in total. The molecule has 0 heterocycles. The van der Waals surface area contributed by atoms with Crippen LogP contribution >= 0.6 is 0 Å². The summed E-state index contributed by atoms with van der Waals surface area (Å²) in [6.07, 6.45) is -1.59. The van der Waals surface area contributed by atoms with Crippen molar-refractivity contribution in [1.82, 2.24) is 10.0 Å². The molecule has 0 bridgehead atoms. The molecule has 0 aliphatic rings. The Labute approximate surface area is 221 Å². The number of hydrogen-bond donors (Lipinski definition) is 3. The van der Waals surface area contributed by atoms with Crippen LogP contribution in [0.5, 0.6) is 0 Å². The van der Waals surface area contributed by atoms with Gasteiger partial charge in [0.05, 0.1) is 4.90 Å². The average molecular weight is 540 g/mol. The van der Waals surface area contributed by atoms with E-state index < -0.39 is 39.8 Å². The Morgan fingerprint density at radius 2 is 1.39 bits per heavy atom. The summed E-state index contributed by atoms with van der Waals surface area (Å²) in [5.41, 5.74) is 0.647. The van der Waals surface area contributed by atoms with Gasteiger partial charge in [0.25, 0.3) is 15.9 Å². The smallest absolute Gasteiger partial charge is 0.411 e. The first-order chi connectivity index (χ1) is 17.9. The van der Waals surface area contributed by atoms with E-state index in [0.29, 0.717) is 11.3 Å². The second-order valence-electron chi connectivity index (χ2n) is 9.17. The van der Waals surface area contributed by atoms with Gasteiger partial charge in [-0.05, 0) is 56.2 Å². The Morgan fingerprint density at radius 1 is 0.816 bits per heavy atom. The first kappa shape index (κ1) is 28.2. The molecule has 0 aromatic heterocycles. The number of nitrogens with one attached hydrogen (secondary N) is 3. The highest BCUT2D eigenvalue weighted by Crippen LogP contribution is 2.18. The quantitative estimate of drug-likeness (QED) is 0.383. The summed E-state index contributed by atoms with van der Waals surface area (Å²) in [5, 5.41) is 4.93. The minimum atomic E-state index is -4.31. The molecule has 38 heavy (non-hydrogen) atoms. The molecule has 11 heteroatoms. The van der Waals surface area contributed by atoms with Crippen LogP contribution in [0.15, 0.2) is 89.8 Å². The number of alkyl carbamates (subject to hydrolysis) is 1. The second kappa shape index (κ2) is 12.2. The van der Waals surface area contributed by atoms with E-state index in [9.17, 15) is 22.8 Å². The van der Waals surface area contributed by atoms with Gasteiger partial charge in [0.15, 0.2) is 0 Å². The van der Waals surface area contributed by atoms with Gasteiger partial charge in [0.1, 0.15) is 18.2 Å². The molecule has 0 saturated heterocycles. The number of carbonyl (C=O) groups excluding carboxylic acids is 3. The number of ether oxygens (including phenoxy) is 2. The number of benzene rings is 3. The van der Waals surface area contributed by atoms with E-state index in [1.807, 2.05) is 35.1 Å².